The minimum absolute atomic E-state index is 0.0859. The first-order valence-electron chi connectivity index (χ1n) is 8.28. The number of amides is 2. The van der Waals surface area contributed by atoms with Gasteiger partial charge in [0.2, 0.25) is 0 Å². The summed E-state index contributed by atoms with van der Waals surface area (Å²) in [6.07, 6.45) is 3.99. The first-order chi connectivity index (χ1) is 11.5. The van der Waals surface area contributed by atoms with Crippen LogP contribution in [0.1, 0.15) is 25.7 Å². The molecular weight excluding hydrogens is 330 g/mol. The maximum Gasteiger partial charge on any atom is 0.319 e. The molecule has 2 aliphatic carbocycles. The number of urea groups is 1. The highest BCUT2D eigenvalue weighted by atomic mass is 35.5. The number of hydrogen-bond acceptors (Lipinski definition) is 3. The molecule has 0 saturated heterocycles. The minimum Gasteiger partial charge on any atom is -0.480 e. The molecule has 0 unspecified atom stereocenters. The van der Waals surface area contributed by atoms with Crippen molar-refractivity contribution in [3.05, 3.63) is 29.3 Å². The third-order valence-electron chi connectivity index (χ3n) is 4.58. The predicted molar refractivity (Wildman–Crippen MR) is 92.3 cm³/mol. The number of carboxylic acids is 1. The monoisotopic (exact) mass is 351 g/mol. The molecule has 0 aromatic heterocycles. The van der Waals surface area contributed by atoms with Crippen molar-refractivity contribution < 1.29 is 14.7 Å². The number of aliphatic carboxylic acids is 1. The number of nitrogens with zero attached hydrogens (tertiary/aromatic N) is 1. The molecule has 0 spiro atoms. The molecule has 1 aromatic carbocycles. The van der Waals surface area contributed by atoms with Crippen molar-refractivity contribution in [2.45, 2.75) is 37.8 Å². The van der Waals surface area contributed by atoms with Crippen molar-refractivity contribution in [3.63, 3.8) is 0 Å². The lowest BCUT2D eigenvalue weighted by atomic mass is 9.85. The Morgan fingerprint density at radius 1 is 1.29 bits per heavy atom. The Balaban J connectivity index is 1.43. The van der Waals surface area contributed by atoms with Gasteiger partial charge >= 0.3 is 12.0 Å². The van der Waals surface area contributed by atoms with Crippen molar-refractivity contribution in [1.29, 1.82) is 0 Å². The van der Waals surface area contributed by atoms with E-state index in [1.54, 1.807) is 24.3 Å². The fraction of sp³-hybridized carbons (Fsp3) is 0.529. The lowest BCUT2D eigenvalue weighted by Gasteiger charge is -2.42. The van der Waals surface area contributed by atoms with Crippen LogP contribution in [0.15, 0.2) is 24.3 Å². The van der Waals surface area contributed by atoms with Gasteiger partial charge in [-0.15, -0.1) is 0 Å². The molecule has 2 fully saturated rings. The number of carboxylic acid groups (broad SMARTS) is 1. The lowest BCUT2D eigenvalue weighted by molar-refractivity contribution is -0.139. The van der Waals surface area contributed by atoms with E-state index in [0.29, 0.717) is 16.6 Å². The van der Waals surface area contributed by atoms with Crippen LogP contribution in [0.5, 0.6) is 0 Å². The second kappa shape index (κ2) is 7.40. The quantitative estimate of drug-likeness (QED) is 0.705. The SMILES string of the molecule is O=C(O)CN(CC1CC1)C1CC(NC(=O)Nc2cccc(Cl)c2)C1. The van der Waals surface area contributed by atoms with E-state index in [1.165, 1.54) is 12.8 Å². The molecule has 3 rings (SSSR count). The Bertz CT molecular complexity index is 615. The van der Waals surface area contributed by atoms with Gasteiger partial charge < -0.3 is 15.7 Å². The molecule has 0 heterocycles. The first kappa shape index (κ1) is 17.0. The molecule has 7 heteroatoms. The third-order valence-corrected chi connectivity index (χ3v) is 4.81. The standard InChI is InChI=1S/C17H22ClN3O3/c18-12-2-1-3-13(6-12)19-17(24)20-14-7-15(8-14)21(10-16(22)23)9-11-4-5-11/h1-3,6,11,14-15H,4-5,7-10H2,(H,22,23)(H2,19,20,24). The highest BCUT2D eigenvalue weighted by molar-refractivity contribution is 6.30. The Hall–Kier alpha value is -1.79. The fourth-order valence-electron chi connectivity index (χ4n) is 3.07. The summed E-state index contributed by atoms with van der Waals surface area (Å²) < 4.78 is 0. The summed E-state index contributed by atoms with van der Waals surface area (Å²) in [5.41, 5.74) is 0.650. The van der Waals surface area contributed by atoms with Gasteiger partial charge in [-0.25, -0.2) is 4.79 Å². The van der Waals surface area contributed by atoms with Crippen molar-refractivity contribution >= 4 is 29.3 Å². The highest BCUT2D eigenvalue weighted by Crippen LogP contribution is 2.33. The van der Waals surface area contributed by atoms with Crippen LogP contribution >= 0.6 is 11.6 Å². The zero-order valence-electron chi connectivity index (χ0n) is 13.4. The summed E-state index contributed by atoms with van der Waals surface area (Å²) in [7, 11) is 0. The lowest BCUT2D eigenvalue weighted by Crippen LogP contribution is -2.55. The Labute approximate surface area is 146 Å². The second-order valence-electron chi connectivity index (χ2n) is 6.70. The van der Waals surface area contributed by atoms with Crippen LogP contribution in [0, 0.1) is 5.92 Å². The van der Waals surface area contributed by atoms with E-state index in [4.69, 9.17) is 16.7 Å². The molecule has 3 N–H and O–H groups in total. The van der Waals surface area contributed by atoms with Crippen molar-refractivity contribution in [1.82, 2.24) is 10.2 Å². The summed E-state index contributed by atoms with van der Waals surface area (Å²) in [5, 5.41) is 15.3. The number of hydrogen-bond donors (Lipinski definition) is 3. The molecule has 0 atom stereocenters. The molecule has 0 aliphatic heterocycles. The van der Waals surface area contributed by atoms with Crippen LogP contribution in [0.2, 0.25) is 5.02 Å². The summed E-state index contributed by atoms with van der Waals surface area (Å²) in [6.45, 7) is 0.945. The molecule has 0 radical (unpaired) electrons. The molecule has 0 bridgehead atoms. The predicted octanol–water partition coefficient (Wildman–Crippen LogP) is 2.79. The van der Waals surface area contributed by atoms with Gasteiger partial charge in [0.15, 0.2) is 0 Å². The molecule has 2 saturated carbocycles. The average Bonchev–Trinajstić information content (AvgIpc) is 3.25. The normalized spacial score (nSPS) is 22.8. The highest BCUT2D eigenvalue weighted by Gasteiger charge is 2.37. The Kier molecular flexibility index (Phi) is 5.26. The van der Waals surface area contributed by atoms with Gasteiger partial charge in [-0.2, -0.15) is 0 Å². The zero-order chi connectivity index (χ0) is 17.1. The van der Waals surface area contributed by atoms with Crippen molar-refractivity contribution in [2.24, 2.45) is 5.92 Å². The van der Waals surface area contributed by atoms with E-state index >= 15 is 0 Å². The molecule has 2 amide bonds. The largest absolute Gasteiger partial charge is 0.480 e. The van der Waals surface area contributed by atoms with Crippen LogP contribution < -0.4 is 10.6 Å². The maximum atomic E-state index is 12.0. The molecule has 130 valence electrons. The number of halogens is 1. The van der Waals surface area contributed by atoms with Crippen LogP contribution in [0.3, 0.4) is 0 Å². The summed E-state index contributed by atoms with van der Waals surface area (Å²) in [6, 6.07) is 7.07. The summed E-state index contributed by atoms with van der Waals surface area (Å²) >= 11 is 5.89. The topological polar surface area (TPSA) is 81.7 Å². The van der Waals surface area contributed by atoms with Gasteiger partial charge in [0.05, 0.1) is 6.54 Å². The Morgan fingerprint density at radius 2 is 2.04 bits per heavy atom. The average molecular weight is 352 g/mol. The number of rotatable bonds is 7. The van der Waals surface area contributed by atoms with E-state index in [9.17, 15) is 9.59 Å². The second-order valence-corrected chi connectivity index (χ2v) is 7.13. The van der Waals surface area contributed by atoms with Gasteiger partial charge in [-0.3, -0.25) is 9.69 Å². The van der Waals surface area contributed by atoms with E-state index in [-0.39, 0.29) is 24.7 Å². The van der Waals surface area contributed by atoms with E-state index in [1.807, 2.05) is 4.90 Å². The van der Waals surface area contributed by atoms with Crippen LogP contribution in [0.25, 0.3) is 0 Å². The van der Waals surface area contributed by atoms with Gasteiger partial charge in [0.1, 0.15) is 0 Å². The van der Waals surface area contributed by atoms with Gasteiger partial charge in [-0.1, -0.05) is 17.7 Å². The molecule has 1 aromatic rings. The van der Waals surface area contributed by atoms with Gasteiger partial charge in [-0.05, 0) is 49.8 Å². The molecular formula is C17H22ClN3O3. The number of carbonyl (C=O) groups is 2. The van der Waals surface area contributed by atoms with E-state index in [0.717, 1.165) is 19.4 Å². The van der Waals surface area contributed by atoms with E-state index in [2.05, 4.69) is 10.6 Å². The summed E-state index contributed by atoms with van der Waals surface area (Å²) in [5.74, 6) is -0.131. The number of nitrogens with one attached hydrogen (secondary N) is 2. The number of anilines is 1. The van der Waals surface area contributed by atoms with Gasteiger partial charge in [0.25, 0.3) is 0 Å². The fourth-order valence-corrected chi connectivity index (χ4v) is 3.26. The third kappa shape index (κ3) is 4.85. The van der Waals surface area contributed by atoms with Crippen molar-refractivity contribution in [2.75, 3.05) is 18.4 Å². The van der Waals surface area contributed by atoms with Crippen molar-refractivity contribution in [3.8, 4) is 0 Å². The van der Waals surface area contributed by atoms with Crippen LogP contribution in [-0.4, -0.2) is 47.2 Å². The molecule has 6 nitrogen and oxygen atoms in total. The molecule has 24 heavy (non-hydrogen) atoms. The maximum absolute atomic E-state index is 12.0. The molecule has 2 aliphatic rings. The van der Waals surface area contributed by atoms with Crippen LogP contribution in [0.4, 0.5) is 10.5 Å². The first-order valence-corrected chi connectivity index (χ1v) is 8.66. The van der Waals surface area contributed by atoms with Gasteiger partial charge in [0, 0.05) is 29.3 Å². The van der Waals surface area contributed by atoms with E-state index < -0.39 is 5.97 Å². The Morgan fingerprint density at radius 3 is 2.67 bits per heavy atom. The number of carbonyl (C=O) groups excluding carboxylic acids is 1. The summed E-state index contributed by atoms with van der Waals surface area (Å²) in [4.78, 5) is 25.1. The van der Waals surface area contributed by atoms with Crippen LogP contribution in [-0.2, 0) is 4.79 Å². The zero-order valence-corrected chi connectivity index (χ0v) is 14.1. The minimum atomic E-state index is -0.786. The smallest absolute Gasteiger partial charge is 0.319 e. The number of benzene rings is 1.